The van der Waals surface area contributed by atoms with E-state index in [0.717, 1.165) is 21.0 Å². The molecular formula is C12H9N3S2. The van der Waals surface area contributed by atoms with E-state index in [9.17, 15) is 0 Å². The van der Waals surface area contributed by atoms with E-state index < -0.39 is 0 Å². The molecule has 3 rings (SSSR count). The minimum Gasteiger partial charge on any atom is -0.290 e. The molecule has 0 fully saturated rings. The van der Waals surface area contributed by atoms with Gasteiger partial charge in [-0.2, -0.15) is 0 Å². The third kappa shape index (κ3) is 1.94. The van der Waals surface area contributed by atoms with Crippen LogP contribution in [-0.4, -0.2) is 14.8 Å². The molecule has 0 bridgehead atoms. The Bertz CT molecular complexity index is 665. The van der Waals surface area contributed by atoms with E-state index in [1.54, 1.807) is 17.5 Å². The maximum Gasteiger partial charge on any atom is 0.209 e. The van der Waals surface area contributed by atoms with Gasteiger partial charge in [0.15, 0.2) is 0 Å². The Morgan fingerprint density at radius 1 is 1.24 bits per heavy atom. The maximum absolute atomic E-state index is 5.32. The fourth-order valence-electron chi connectivity index (χ4n) is 1.63. The number of rotatable bonds is 2. The summed E-state index contributed by atoms with van der Waals surface area (Å²) in [5.41, 5.74) is 2.12. The molecule has 3 nitrogen and oxygen atoms in total. The molecule has 0 radical (unpaired) electrons. The molecular weight excluding hydrogens is 250 g/mol. The van der Waals surface area contributed by atoms with Crippen molar-refractivity contribution in [3.63, 3.8) is 0 Å². The van der Waals surface area contributed by atoms with Gasteiger partial charge in [0.1, 0.15) is 4.64 Å². The molecule has 2 heterocycles. The molecule has 0 saturated heterocycles. The summed E-state index contributed by atoms with van der Waals surface area (Å²) in [6.07, 6.45) is 1.77. The van der Waals surface area contributed by atoms with Crippen LogP contribution in [0.5, 0.6) is 0 Å². The molecule has 2 aromatic heterocycles. The van der Waals surface area contributed by atoms with Gasteiger partial charge < -0.3 is 0 Å². The molecule has 0 aliphatic rings. The number of hydrogen-bond acceptors (Lipinski definition) is 3. The first-order valence-electron chi connectivity index (χ1n) is 5.12. The fraction of sp³-hybridized carbons (Fsp3) is 0. The summed E-state index contributed by atoms with van der Waals surface area (Å²) in [4.78, 5) is 4.24. The van der Waals surface area contributed by atoms with Crippen molar-refractivity contribution < 1.29 is 0 Å². The Balaban J connectivity index is 2.11. The van der Waals surface area contributed by atoms with E-state index >= 15 is 0 Å². The van der Waals surface area contributed by atoms with Crippen molar-refractivity contribution in [1.82, 2.24) is 14.8 Å². The zero-order chi connectivity index (χ0) is 11.7. The molecule has 1 N–H and O–H groups in total. The fourth-order valence-corrected chi connectivity index (χ4v) is 2.55. The lowest BCUT2D eigenvalue weighted by atomic mass is 10.2. The second-order valence-corrected chi connectivity index (χ2v) is 4.82. The highest BCUT2D eigenvalue weighted by Crippen LogP contribution is 2.19. The molecule has 0 unspecified atom stereocenters. The van der Waals surface area contributed by atoms with E-state index in [1.165, 1.54) is 0 Å². The van der Waals surface area contributed by atoms with Gasteiger partial charge in [0, 0.05) is 17.6 Å². The Labute approximate surface area is 107 Å². The summed E-state index contributed by atoms with van der Waals surface area (Å²) in [6.45, 7) is 0. The van der Waals surface area contributed by atoms with Gasteiger partial charge in [0.25, 0.3) is 0 Å². The third-order valence-corrected chi connectivity index (χ3v) is 3.47. The number of nitrogens with zero attached hydrogens (tertiary/aromatic N) is 2. The van der Waals surface area contributed by atoms with Gasteiger partial charge in [-0.3, -0.25) is 5.10 Å². The largest absolute Gasteiger partial charge is 0.290 e. The standard InChI is InChI=1S/C12H9N3S2/c16-11-8-10(9-4-2-1-3-5-9)14-15(11)12-13-6-7-17-12/h1-8,14H. The average molecular weight is 259 g/mol. The Hall–Kier alpha value is -1.72. The van der Waals surface area contributed by atoms with Crippen LogP contribution in [0.15, 0.2) is 48.0 Å². The monoisotopic (exact) mass is 259 g/mol. The highest BCUT2D eigenvalue weighted by molar-refractivity contribution is 7.71. The van der Waals surface area contributed by atoms with Crippen LogP contribution in [0.1, 0.15) is 0 Å². The highest BCUT2D eigenvalue weighted by Gasteiger charge is 2.05. The van der Waals surface area contributed by atoms with Gasteiger partial charge in [0.2, 0.25) is 5.13 Å². The summed E-state index contributed by atoms with van der Waals surface area (Å²) in [5, 5.41) is 6.05. The smallest absolute Gasteiger partial charge is 0.209 e. The summed E-state index contributed by atoms with van der Waals surface area (Å²) in [6, 6.07) is 12.1. The third-order valence-electron chi connectivity index (χ3n) is 2.42. The van der Waals surface area contributed by atoms with Crippen LogP contribution in [0.3, 0.4) is 0 Å². The van der Waals surface area contributed by atoms with Gasteiger partial charge in [-0.05, 0) is 5.56 Å². The molecule has 0 saturated carbocycles. The Kier molecular flexibility index (Phi) is 2.62. The number of benzene rings is 1. The summed E-state index contributed by atoms with van der Waals surface area (Å²) in [5.74, 6) is 0. The van der Waals surface area contributed by atoms with E-state index in [1.807, 2.05) is 46.5 Å². The van der Waals surface area contributed by atoms with E-state index in [4.69, 9.17) is 12.2 Å². The van der Waals surface area contributed by atoms with Crippen LogP contribution in [0, 0.1) is 4.64 Å². The first-order chi connectivity index (χ1) is 8.34. The Morgan fingerprint density at radius 2 is 2.06 bits per heavy atom. The Morgan fingerprint density at radius 3 is 2.76 bits per heavy atom. The zero-order valence-electron chi connectivity index (χ0n) is 8.83. The first-order valence-corrected chi connectivity index (χ1v) is 6.41. The van der Waals surface area contributed by atoms with E-state index in [2.05, 4.69) is 10.1 Å². The topological polar surface area (TPSA) is 33.6 Å². The van der Waals surface area contributed by atoms with Crippen LogP contribution >= 0.6 is 23.6 Å². The van der Waals surface area contributed by atoms with Crippen molar-refractivity contribution >= 4 is 23.6 Å². The predicted octanol–water partition coefficient (Wildman–Crippen LogP) is 3.66. The van der Waals surface area contributed by atoms with Crippen molar-refractivity contribution in [3.05, 3.63) is 52.6 Å². The average Bonchev–Trinajstić information content (AvgIpc) is 2.99. The second kappa shape index (κ2) is 4.27. The summed E-state index contributed by atoms with van der Waals surface area (Å²) >= 11 is 6.87. The minimum atomic E-state index is 0.735. The van der Waals surface area contributed by atoms with Crippen LogP contribution in [0.4, 0.5) is 0 Å². The molecule has 0 aliphatic carbocycles. The van der Waals surface area contributed by atoms with Crippen molar-refractivity contribution in [2.45, 2.75) is 0 Å². The molecule has 0 atom stereocenters. The molecule has 0 amide bonds. The first kappa shape index (κ1) is 10.4. The number of aromatic amines is 1. The quantitative estimate of drug-likeness (QED) is 0.713. The molecule has 1 aromatic carbocycles. The number of hydrogen-bond donors (Lipinski definition) is 1. The highest BCUT2D eigenvalue weighted by atomic mass is 32.1. The van der Waals surface area contributed by atoms with Crippen LogP contribution in [-0.2, 0) is 0 Å². The van der Waals surface area contributed by atoms with Crippen LogP contribution < -0.4 is 0 Å². The van der Waals surface area contributed by atoms with Gasteiger partial charge in [0.05, 0.1) is 5.69 Å². The van der Waals surface area contributed by atoms with Gasteiger partial charge in [-0.15, -0.1) is 11.3 Å². The molecule has 84 valence electrons. The molecule has 17 heavy (non-hydrogen) atoms. The normalized spacial score (nSPS) is 10.6. The lowest BCUT2D eigenvalue weighted by Gasteiger charge is -1.98. The van der Waals surface area contributed by atoms with Crippen molar-refractivity contribution in [2.75, 3.05) is 0 Å². The van der Waals surface area contributed by atoms with Crippen LogP contribution in [0.25, 0.3) is 16.4 Å². The van der Waals surface area contributed by atoms with Gasteiger partial charge >= 0.3 is 0 Å². The molecule has 0 aliphatic heterocycles. The van der Waals surface area contributed by atoms with Crippen LogP contribution in [0.2, 0.25) is 0 Å². The van der Waals surface area contributed by atoms with E-state index in [-0.39, 0.29) is 0 Å². The number of nitrogens with one attached hydrogen (secondary N) is 1. The lowest BCUT2D eigenvalue weighted by molar-refractivity contribution is 0.862. The summed E-state index contributed by atoms with van der Waals surface area (Å²) in [7, 11) is 0. The maximum atomic E-state index is 5.32. The van der Waals surface area contributed by atoms with Crippen molar-refractivity contribution in [3.8, 4) is 16.4 Å². The summed E-state index contributed by atoms with van der Waals surface area (Å²) < 4.78 is 2.56. The van der Waals surface area contributed by atoms with Crippen molar-refractivity contribution in [2.24, 2.45) is 0 Å². The van der Waals surface area contributed by atoms with Crippen molar-refractivity contribution in [1.29, 1.82) is 0 Å². The predicted molar refractivity (Wildman–Crippen MR) is 72.1 cm³/mol. The zero-order valence-corrected chi connectivity index (χ0v) is 10.5. The lowest BCUT2D eigenvalue weighted by Crippen LogP contribution is -1.95. The molecule has 3 aromatic rings. The number of aromatic nitrogens is 3. The number of thiazole rings is 1. The SMILES string of the molecule is S=c1cc(-c2ccccc2)[nH]n1-c1nccs1. The minimum absolute atomic E-state index is 0.735. The number of H-pyrrole nitrogens is 1. The van der Waals surface area contributed by atoms with E-state index in [0.29, 0.717) is 0 Å². The van der Waals surface area contributed by atoms with Gasteiger partial charge in [-0.1, -0.05) is 42.5 Å². The molecule has 0 spiro atoms. The van der Waals surface area contributed by atoms with Gasteiger partial charge in [-0.25, -0.2) is 9.67 Å². The second-order valence-electron chi connectivity index (χ2n) is 3.52. The molecule has 5 heteroatoms.